The van der Waals surface area contributed by atoms with Gasteiger partial charge in [0.1, 0.15) is 0 Å². The van der Waals surface area contributed by atoms with Gasteiger partial charge in [0, 0.05) is 19.0 Å². The van der Waals surface area contributed by atoms with Crippen LogP contribution in [0.3, 0.4) is 0 Å². The molecule has 0 N–H and O–H groups in total. The molecule has 1 fully saturated rings. The number of rotatable bonds is 1. The number of halogens is 4. The van der Waals surface area contributed by atoms with Crippen molar-refractivity contribution in [1.82, 2.24) is 0 Å². The Labute approximate surface area is 131 Å². The number of alkyl halides is 3. The van der Waals surface area contributed by atoms with E-state index in [-0.39, 0.29) is 45.8 Å². The van der Waals surface area contributed by atoms with E-state index in [2.05, 4.69) is 10.8 Å². The predicted molar refractivity (Wildman–Crippen MR) is 57.8 cm³/mol. The molecule has 0 atom stereocenters. The molecule has 1 aromatic carbocycles. The third-order valence-electron chi connectivity index (χ3n) is 1.75. The summed E-state index contributed by atoms with van der Waals surface area (Å²) in [5, 5.41) is 0. The Morgan fingerprint density at radius 2 is 1.61 bits per heavy atom. The van der Waals surface area contributed by atoms with Crippen LogP contribution in [0.4, 0.5) is 13.2 Å². The van der Waals surface area contributed by atoms with Gasteiger partial charge in [0.2, 0.25) is 0 Å². The van der Waals surface area contributed by atoms with Gasteiger partial charge in [0.05, 0.1) is 0 Å². The molecule has 7 heteroatoms. The quantitative estimate of drug-likeness (QED) is 0.522. The second kappa shape index (κ2) is 10.9. The van der Waals surface area contributed by atoms with E-state index in [0.29, 0.717) is 0 Å². The van der Waals surface area contributed by atoms with Gasteiger partial charge >= 0.3 is 29.4 Å². The van der Waals surface area contributed by atoms with Crippen molar-refractivity contribution in [3.63, 3.8) is 0 Å². The van der Waals surface area contributed by atoms with E-state index in [1.807, 2.05) is 0 Å². The molecule has 1 aliphatic rings. The van der Waals surface area contributed by atoms with Crippen LogP contribution in [-0.4, -0.2) is 42.6 Å². The molecule has 0 unspecified atom stereocenters. The summed E-state index contributed by atoms with van der Waals surface area (Å²) in [6.45, 7) is 2.00. The van der Waals surface area contributed by atoms with E-state index >= 15 is 0 Å². The van der Waals surface area contributed by atoms with Crippen LogP contribution < -0.4 is 21.7 Å². The second-order valence-electron chi connectivity index (χ2n) is 3.10. The summed E-state index contributed by atoms with van der Waals surface area (Å²) < 4.78 is 43.1. The van der Waals surface area contributed by atoms with E-state index in [1.54, 1.807) is 0 Å². The first-order valence-corrected chi connectivity index (χ1v) is 4.87. The van der Waals surface area contributed by atoms with Crippen LogP contribution in [0.2, 0.25) is 0 Å². The Balaban J connectivity index is 0. The molecule has 0 saturated carbocycles. The average Bonchev–Trinajstić information content (AvgIpc) is 2.74. The van der Waals surface area contributed by atoms with E-state index in [1.165, 1.54) is 37.1 Å². The molecule has 0 radical (unpaired) electrons. The van der Waals surface area contributed by atoms with Crippen LogP contribution in [0.5, 0.6) is 5.75 Å². The van der Waals surface area contributed by atoms with Gasteiger partial charge in [-0.15, -0.1) is 25.3 Å². The molecule has 2 nitrogen and oxygen atoms in total. The van der Waals surface area contributed by atoms with Crippen molar-refractivity contribution in [2.45, 2.75) is 19.2 Å². The van der Waals surface area contributed by atoms with Crippen LogP contribution >= 0.6 is 0 Å². The first-order chi connectivity index (χ1) is 7.58. The Bertz CT molecular complexity index is 284. The molecular formula is C11H12BrF3MgO2. The Morgan fingerprint density at radius 1 is 1.11 bits per heavy atom. The summed E-state index contributed by atoms with van der Waals surface area (Å²) in [5.41, 5.74) is 0. The van der Waals surface area contributed by atoms with Crippen molar-refractivity contribution in [3.8, 4) is 5.75 Å². The second-order valence-corrected chi connectivity index (χ2v) is 3.10. The number of ether oxygens (including phenoxy) is 2. The molecule has 1 heterocycles. The fourth-order valence-corrected chi connectivity index (χ4v) is 1.08. The zero-order valence-electron chi connectivity index (χ0n) is 9.67. The van der Waals surface area contributed by atoms with Crippen LogP contribution in [0, 0.1) is 6.07 Å². The molecule has 98 valence electrons. The van der Waals surface area contributed by atoms with Gasteiger partial charge in [-0.05, 0) is 12.8 Å². The van der Waals surface area contributed by atoms with Gasteiger partial charge in [-0.3, -0.25) is 0 Å². The molecule has 0 bridgehead atoms. The SMILES string of the molecule is C1CCOC1.FC(F)(F)Oc1cc[c-]cc1.[Br-].[Mg+2]. The van der Waals surface area contributed by atoms with Crippen molar-refractivity contribution in [2.75, 3.05) is 13.2 Å². The maximum atomic E-state index is 11.5. The van der Waals surface area contributed by atoms with Crippen LogP contribution in [0.25, 0.3) is 0 Å². The largest absolute Gasteiger partial charge is 2.00 e. The molecule has 18 heavy (non-hydrogen) atoms. The van der Waals surface area contributed by atoms with Crippen molar-refractivity contribution >= 4 is 23.1 Å². The Kier molecular flexibility index (Phi) is 12.3. The topological polar surface area (TPSA) is 18.5 Å². The summed E-state index contributed by atoms with van der Waals surface area (Å²) in [5.74, 6) is -0.226. The maximum absolute atomic E-state index is 11.5. The van der Waals surface area contributed by atoms with E-state index in [9.17, 15) is 13.2 Å². The first-order valence-electron chi connectivity index (χ1n) is 4.87. The standard InChI is InChI=1S/C7H4F3O.C4H8O.BrH.Mg/c8-7(9,10)11-6-4-2-1-3-5-6;1-2-4-5-3-1;;/h2-5H;1-4H2;1H;/q-1;;;+2/p-1. The van der Waals surface area contributed by atoms with Gasteiger partial charge < -0.3 is 26.5 Å². The van der Waals surface area contributed by atoms with E-state index in [0.717, 1.165) is 13.2 Å². The van der Waals surface area contributed by atoms with Crippen molar-refractivity contribution in [3.05, 3.63) is 30.3 Å². The Morgan fingerprint density at radius 3 is 1.94 bits per heavy atom. The molecule has 1 aliphatic heterocycles. The third-order valence-corrected chi connectivity index (χ3v) is 1.75. The van der Waals surface area contributed by atoms with Gasteiger partial charge in [-0.1, -0.05) is 0 Å². The molecular weight excluding hydrogens is 325 g/mol. The van der Waals surface area contributed by atoms with E-state index < -0.39 is 6.36 Å². The minimum atomic E-state index is -4.61. The fourth-order valence-electron chi connectivity index (χ4n) is 1.08. The van der Waals surface area contributed by atoms with Gasteiger partial charge in [-0.2, -0.15) is 18.2 Å². The van der Waals surface area contributed by atoms with Crippen LogP contribution in [0.15, 0.2) is 24.3 Å². The monoisotopic (exact) mass is 336 g/mol. The van der Waals surface area contributed by atoms with Crippen molar-refractivity contribution in [2.24, 2.45) is 0 Å². The third kappa shape index (κ3) is 11.1. The summed E-state index contributed by atoms with van der Waals surface area (Å²) in [6.07, 6.45) is -2.05. The normalized spacial score (nSPS) is 13.5. The summed E-state index contributed by atoms with van der Waals surface area (Å²) in [7, 11) is 0. The summed E-state index contributed by atoms with van der Waals surface area (Å²) in [6, 6.07) is 7.64. The van der Waals surface area contributed by atoms with E-state index in [4.69, 9.17) is 4.74 Å². The van der Waals surface area contributed by atoms with Crippen LogP contribution in [-0.2, 0) is 4.74 Å². The minimum Gasteiger partial charge on any atom is -1.00 e. The maximum Gasteiger partial charge on any atom is 2.00 e. The van der Waals surface area contributed by atoms with Gasteiger partial charge in [0.25, 0.3) is 0 Å². The van der Waals surface area contributed by atoms with Crippen LogP contribution in [0.1, 0.15) is 12.8 Å². The fraction of sp³-hybridized carbons (Fsp3) is 0.455. The van der Waals surface area contributed by atoms with Gasteiger partial charge in [0.15, 0.2) is 0 Å². The van der Waals surface area contributed by atoms with Gasteiger partial charge in [-0.25, -0.2) is 0 Å². The zero-order chi connectivity index (χ0) is 11.9. The number of hydrogen-bond acceptors (Lipinski definition) is 2. The minimum absolute atomic E-state index is 0. The molecule has 1 saturated heterocycles. The zero-order valence-corrected chi connectivity index (χ0v) is 12.7. The smallest absolute Gasteiger partial charge is 1.00 e. The first kappa shape index (κ1) is 20.3. The molecule has 0 aromatic heterocycles. The molecule has 0 spiro atoms. The average molecular weight is 337 g/mol. The number of hydrogen-bond donors (Lipinski definition) is 0. The van der Waals surface area contributed by atoms with Crippen molar-refractivity contribution < 1.29 is 39.6 Å². The Hall–Kier alpha value is 0.0162. The predicted octanol–water partition coefficient (Wildman–Crippen LogP) is -0.195. The number of benzene rings is 1. The molecule has 0 aliphatic carbocycles. The van der Waals surface area contributed by atoms with Crippen molar-refractivity contribution in [1.29, 1.82) is 0 Å². The summed E-state index contributed by atoms with van der Waals surface area (Å²) >= 11 is 0. The summed E-state index contributed by atoms with van der Waals surface area (Å²) in [4.78, 5) is 0. The molecule has 0 amide bonds. The molecule has 1 aromatic rings. The molecule has 2 rings (SSSR count).